The number of benzene rings is 1. The van der Waals surface area contributed by atoms with E-state index in [1.807, 2.05) is 6.07 Å². The Hall–Kier alpha value is -2.55. The summed E-state index contributed by atoms with van der Waals surface area (Å²) >= 11 is 0. The summed E-state index contributed by atoms with van der Waals surface area (Å²) in [6.07, 6.45) is -0.640. The second-order valence-corrected chi connectivity index (χ2v) is 5.60. The molecule has 0 fully saturated rings. The van der Waals surface area contributed by atoms with E-state index in [0.717, 1.165) is 0 Å². The summed E-state index contributed by atoms with van der Waals surface area (Å²) in [6, 6.07) is 4.92. The largest absolute Gasteiger partial charge is 0.478 e. The molecule has 0 atom stereocenters. The zero-order valence-electron chi connectivity index (χ0n) is 12.5. The van der Waals surface area contributed by atoms with Crippen molar-refractivity contribution in [3.8, 4) is 6.07 Å². The Morgan fingerprint density at radius 1 is 1.38 bits per heavy atom. The van der Waals surface area contributed by atoms with Crippen LogP contribution < -0.4 is 5.32 Å². The number of nitrogens with one attached hydrogen (secondary N) is 1. The number of carboxylic acid groups (broad SMARTS) is 1. The van der Waals surface area contributed by atoms with Gasteiger partial charge in [0, 0.05) is 6.54 Å². The van der Waals surface area contributed by atoms with Crippen LogP contribution in [0.25, 0.3) is 0 Å². The summed E-state index contributed by atoms with van der Waals surface area (Å²) in [5.41, 5.74) is 0.639. The molecule has 1 rings (SSSR count). The monoisotopic (exact) mass is 290 g/mol. The van der Waals surface area contributed by atoms with Crippen molar-refractivity contribution < 1.29 is 19.4 Å². The molecule has 21 heavy (non-hydrogen) atoms. The first-order chi connectivity index (χ1) is 9.64. The van der Waals surface area contributed by atoms with Crippen LogP contribution in [0.4, 0.5) is 4.79 Å². The molecular formula is C15H18N2O4. The van der Waals surface area contributed by atoms with Gasteiger partial charge in [0.25, 0.3) is 0 Å². The topological polar surface area (TPSA) is 99.4 Å². The van der Waals surface area contributed by atoms with Gasteiger partial charge in [-0.15, -0.1) is 0 Å². The van der Waals surface area contributed by atoms with Crippen LogP contribution in [-0.2, 0) is 11.3 Å². The molecule has 0 aliphatic heterocycles. The van der Waals surface area contributed by atoms with Gasteiger partial charge in [-0.25, -0.2) is 9.59 Å². The number of rotatable bonds is 3. The third kappa shape index (κ3) is 4.80. The van der Waals surface area contributed by atoms with Gasteiger partial charge in [0.15, 0.2) is 0 Å². The zero-order chi connectivity index (χ0) is 16.2. The molecule has 0 aliphatic rings. The number of carbonyl (C=O) groups is 2. The second kappa shape index (κ2) is 6.27. The number of nitriles is 1. The quantitative estimate of drug-likeness (QED) is 0.891. The van der Waals surface area contributed by atoms with Crippen molar-refractivity contribution in [1.82, 2.24) is 5.32 Å². The summed E-state index contributed by atoms with van der Waals surface area (Å²) in [5, 5.41) is 20.7. The number of amides is 1. The van der Waals surface area contributed by atoms with E-state index in [0.29, 0.717) is 16.7 Å². The first-order valence-corrected chi connectivity index (χ1v) is 6.38. The van der Waals surface area contributed by atoms with Crippen molar-refractivity contribution in [2.45, 2.75) is 39.8 Å². The van der Waals surface area contributed by atoms with Crippen molar-refractivity contribution >= 4 is 12.1 Å². The minimum absolute atomic E-state index is 0.0209. The number of carbonyl (C=O) groups excluding carboxylic acids is 1. The van der Waals surface area contributed by atoms with Crippen LogP contribution in [0.15, 0.2) is 12.1 Å². The fourth-order valence-corrected chi connectivity index (χ4v) is 1.85. The van der Waals surface area contributed by atoms with Crippen LogP contribution in [0.2, 0.25) is 0 Å². The molecule has 112 valence electrons. The van der Waals surface area contributed by atoms with E-state index in [1.165, 1.54) is 12.1 Å². The molecule has 6 nitrogen and oxygen atoms in total. The smallest absolute Gasteiger partial charge is 0.407 e. The number of hydrogen-bond donors (Lipinski definition) is 2. The number of nitrogens with zero attached hydrogens (tertiary/aromatic N) is 1. The Labute approximate surface area is 123 Å². The molecule has 0 unspecified atom stereocenters. The lowest BCUT2D eigenvalue weighted by Crippen LogP contribution is -2.32. The van der Waals surface area contributed by atoms with Crippen LogP contribution in [0.5, 0.6) is 0 Å². The number of alkyl carbamates (subject to hydrolysis) is 1. The Morgan fingerprint density at radius 3 is 2.48 bits per heavy atom. The molecule has 6 heteroatoms. The fraction of sp³-hybridized carbons (Fsp3) is 0.400. The Morgan fingerprint density at radius 2 is 2.00 bits per heavy atom. The third-order valence-corrected chi connectivity index (χ3v) is 2.58. The van der Waals surface area contributed by atoms with Gasteiger partial charge < -0.3 is 15.2 Å². The molecule has 2 N–H and O–H groups in total. The van der Waals surface area contributed by atoms with Crippen molar-refractivity contribution in [3.63, 3.8) is 0 Å². The van der Waals surface area contributed by atoms with Crippen LogP contribution in [0.1, 0.15) is 47.8 Å². The molecule has 1 aromatic rings. The molecule has 0 aromatic heterocycles. The van der Waals surface area contributed by atoms with Crippen molar-refractivity contribution in [2.75, 3.05) is 0 Å². The first-order valence-electron chi connectivity index (χ1n) is 6.38. The van der Waals surface area contributed by atoms with Crippen molar-refractivity contribution in [1.29, 1.82) is 5.26 Å². The van der Waals surface area contributed by atoms with Crippen LogP contribution >= 0.6 is 0 Å². The molecule has 0 aliphatic carbocycles. The van der Waals surface area contributed by atoms with Gasteiger partial charge in [0.05, 0.1) is 17.2 Å². The highest BCUT2D eigenvalue weighted by Crippen LogP contribution is 2.17. The summed E-state index contributed by atoms with van der Waals surface area (Å²) < 4.78 is 5.08. The van der Waals surface area contributed by atoms with Gasteiger partial charge in [-0.05, 0) is 51.0 Å². The van der Waals surface area contributed by atoms with Gasteiger partial charge in [-0.3, -0.25) is 0 Å². The predicted molar refractivity (Wildman–Crippen MR) is 75.9 cm³/mol. The third-order valence-electron chi connectivity index (χ3n) is 2.58. The maximum atomic E-state index is 11.6. The molecule has 0 bridgehead atoms. The SMILES string of the molecule is Cc1cc(C#N)cc(CNC(=O)OC(C)(C)C)c1C(=O)O. The molecule has 0 saturated carbocycles. The van der Waals surface area contributed by atoms with Crippen molar-refractivity contribution in [2.24, 2.45) is 0 Å². The standard InChI is InChI=1S/C15H18N2O4/c1-9-5-10(7-16)6-11(12(9)13(18)19)8-17-14(20)21-15(2,3)4/h5-6H,8H2,1-4H3,(H,17,20)(H,18,19). The highest BCUT2D eigenvalue weighted by atomic mass is 16.6. The maximum absolute atomic E-state index is 11.6. The lowest BCUT2D eigenvalue weighted by atomic mass is 9.98. The van der Waals surface area contributed by atoms with Crippen LogP contribution in [0.3, 0.4) is 0 Å². The Balaban J connectivity index is 2.97. The fourth-order valence-electron chi connectivity index (χ4n) is 1.85. The van der Waals surface area contributed by atoms with Gasteiger partial charge in [0.2, 0.25) is 0 Å². The minimum atomic E-state index is -1.10. The Kier molecular flexibility index (Phi) is 4.93. The van der Waals surface area contributed by atoms with Gasteiger partial charge in [-0.1, -0.05) is 0 Å². The van der Waals surface area contributed by atoms with Gasteiger partial charge >= 0.3 is 12.1 Å². The van der Waals surface area contributed by atoms with E-state index in [-0.39, 0.29) is 12.1 Å². The molecule has 1 aromatic carbocycles. The van der Waals surface area contributed by atoms with E-state index in [9.17, 15) is 14.7 Å². The van der Waals surface area contributed by atoms with E-state index in [4.69, 9.17) is 10.00 Å². The summed E-state index contributed by atoms with van der Waals surface area (Å²) in [6.45, 7) is 6.79. The number of aromatic carboxylic acids is 1. The average Bonchev–Trinajstić information content (AvgIpc) is 2.32. The maximum Gasteiger partial charge on any atom is 0.407 e. The lowest BCUT2D eigenvalue weighted by molar-refractivity contribution is 0.0520. The van der Waals surface area contributed by atoms with Gasteiger partial charge in [-0.2, -0.15) is 5.26 Å². The summed E-state index contributed by atoms with van der Waals surface area (Å²) in [4.78, 5) is 22.9. The Bertz CT molecular complexity index is 609. The number of carboxylic acids is 1. The summed E-state index contributed by atoms with van der Waals surface area (Å²) in [5.74, 6) is -1.10. The second-order valence-electron chi connectivity index (χ2n) is 5.60. The number of hydrogen-bond acceptors (Lipinski definition) is 4. The number of aryl methyl sites for hydroxylation is 1. The molecule has 0 saturated heterocycles. The van der Waals surface area contributed by atoms with Crippen molar-refractivity contribution in [3.05, 3.63) is 34.4 Å². The highest BCUT2D eigenvalue weighted by Gasteiger charge is 2.18. The molecule has 0 spiro atoms. The van der Waals surface area contributed by atoms with Crippen LogP contribution in [-0.4, -0.2) is 22.8 Å². The lowest BCUT2D eigenvalue weighted by Gasteiger charge is -2.20. The highest BCUT2D eigenvalue weighted by molar-refractivity contribution is 5.91. The van der Waals surface area contributed by atoms with E-state index < -0.39 is 17.7 Å². The normalized spacial score (nSPS) is 10.6. The van der Waals surface area contributed by atoms with E-state index in [1.54, 1.807) is 27.7 Å². The molecule has 0 radical (unpaired) electrons. The van der Waals surface area contributed by atoms with Gasteiger partial charge in [0.1, 0.15) is 5.60 Å². The van der Waals surface area contributed by atoms with E-state index in [2.05, 4.69) is 5.32 Å². The first kappa shape index (κ1) is 16.5. The predicted octanol–water partition coefficient (Wildman–Crippen LogP) is 2.59. The molecule has 1 amide bonds. The molecular weight excluding hydrogens is 272 g/mol. The zero-order valence-corrected chi connectivity index (χ0v) is 12.5. The average molecular weight is 290 g/mol. The molecule has 0 heterocycles. The van der Waals surface area contributed by atoms with Crippen LogP contribution in [0, 0.1) is 18.3 Å². The number of ether oxygens (including phenoxy) is 1. The summed E-state index contributed by atoms with van der Waals surface area (Å²) in [7, 11) is 0. The minimum Gasteiger partial charge on any atom is -0.478 e. The van der Waals surface area contributed by atoms with E-state index >= 15 is 0 Å².